The lowest BCUT2D eigenvalue weighted by atomic mass is 9.91. The van der Waals surface area contributed by atoms with Crippen molar-refractivity contribution in [2.45, 2.75) is 12.8 Å². The molecule has 0 nitrogen and oxygen atoms in total. The van der Waals surface area contributed by atoms with Gasteiger partial charge in [-0.2, -0.15) is 0 Å². The minimum Gasteiger partial charge on any atom is -0.0610 e. The van der Waals surface area contributed by atoms with Crippen LogP contribution in [0.3, 0.4) is 0 Å². The van der Waals surface area contributed by atoms with Gasteiger partial charge in [0.25, 0.3) is 0 Å². The fourth-order valence-electron chi connectivity index (χ4n) is 3.20. The molecule has 91 valence electrons. The van der Waals surface area contributed by atoms with E-state index in [9.17, 15) is 0 Å². The SMILES string of the molecule is [CH2]CCc1ccc2ccc3cccc4ccc1c2c34. The second-order valence-corrected chi connectivity index (χ2v) is 5.18. The van der Waals surface area contributed by atoms with Crippen molar-refractivity contribution in [3.05, 3.63) is 67.1 Å². The Hall–Kier alpha value is -2.08. The van der Waals surface area contributed by atoms with Gasteiger partial charge in [0, 0.05) is 0 Å². The smallest absolute Gasteiger partial charge is 0.00240 e. The number of benzene rings is 4. The van der Waals surface area contributed by atoms with E-state index < -0.39 is 0 Å². The Morgan fingerprint density at radius 3 is 2.05 bits per heavy atom. The molecule has 0 aliphatic rings. The third-order valence-corrected chi connectivity index (χ3v) is 4.07. The Bertz CT molecular complexity index is 855. The van der Waals surface area contributed by atoms with E-state index in [-0.39, 0.29) is 0 Å². The molecule has 0 aliphatic carbocycles. The molecule has 0 heteroatoms. The van der Waals surface area contributed by atoms with Crippen LogP contribution in [0, 0.1) is 6.92 Å². The van der Waals surface area contributed by atoms with Crippen molar-refractivity contribution in [3.8, 4) is 0 Å². The number of aryl methyl sites for hydroxylation is 1. The molecular weight excluding hydrogens is 228 g/mol. The molecule has 4 aromatic rings. The second kappa shape index (κ2) is 3.96. The summed E-state index contributed by atoms with van der Waals surface area (Å²) in [5.74, 6) is 0. The first-order valence-corrected chi connectivity index (χ1v) is 6.83. The Labute approximate surface area is 113 Å². The molecule has 4 aromatic carbocycles. The zero-order valence-corrected chi connectivity index (χ0v) is 10.8. The molecule has 4 rings (SSSR count). The van der Waals surface area contributed by atoms with Crippen LogP contribution >= 0.6 is 0 Å². The lowest BCUT2D eigenvalue weighted by Crippen LogP contribution is -1.89. The fourth-order valence-corrected chi connectivity index (χ4v) is 3.20. The molecule has 0 aliphatic heterocycles. The molecule has 0 fully saturated rings. The summed E-state index contributed by atoms with van der Waals surface area (Å²) in [6.45, 7) is 3.99. The van der Waals surface area contributed by atoms with Gasteiger partial charge >= 0.3 is 0 Å². The lowest BCUT2D eigenvalue weighted by molar-refractivity contribution is 1.01. The highest BCUT2D eigenvalue weighted by atomic mass is 14.1. The molecule has 0 bridgehead atoms. The minimum atomic E-state index is 0.948. The summed E-state index contributed by atoms with van der Waals surface area (Å²) in [6.07, 6.45) is 2.00. The van der Waals surface area contributed by atoms with Crippen molar-refractivity contribution in [1.82, 2.24) is 0 Å². The first-order valence-electron chi connectivity index (χ1n) is 6.83. The van der Waals surface area contributed by atoms with Crippen LogP contribution < -0.4 is 0 Å². The molecule has 0 heterocycles. The van der Waals surface area contributed by atoms with E-state index in [2.05, 4.69) is 61.5 Å². The largest absolute Gasteiger partial charge is 0.0610 e. The molecule has 0 saturated carbocycles. The van der Waals surface area contributed by atoms with Gasteiger partial charge in [-0.1, -0.05) is 61.5 Å². The standard InChI is InChI=1S/C19H15/c1-2-4-13-7-8-16-10-9-14-5-3-6-15-11-12-17(13)19(16)18(14)15/h3,5-12H,1-2,4H2. The summed E-state index contributed by atoms with van der Waals surface area (Å²) in [7, 11) is 0. The van der Waals surface area contributed by atoms with Gasteiger partial charge in [0.15, 0.2) is 0 Å². The Balaban J connectivity index is 2.28. The predicted molar refractivity (Wildman–Crippen MR) is 83.8 cm³/mol. The zero-order valence-electron chi connectivity index (χ0n) is 10.8. The van der Waals surface area contributed by atoms with E-state index in [0.29, 0.717) is 0 Å². The Kier molecular flexibility index (Phi) is 2.25. The third-order valence-electron chi connectivity index (χ3n) is 4.07. The van der Waals surface area contributed by atoms with Crippen LogP contribution in [-0.4, -0.2) is 0 Å². The summed E-state index contributed by atoms with van der Waals surface area (Å²) in [5, 5.41) is 8.23. The van der Waals surface area contributed by atoms with Crippen molar-refractivity contribution >= 4 is 32.3 Å². The van der Waals surface area contributed by atoms with Crippen molar-refractivity contribution in [2.24, 2.45) is 0 Å². The second-order valence-electron chi connectivity index (χ2n) is 5.18. The Morgan fingerprint density at radius 2 is 1.32 bits per heavy atom. The third kappa shape index (κ3) is 1.46. The number of hydrogen-bond acceptors (Lipinski definition) is 0. The van der Waals surface area contributed by atoms with Gasteiger partial charge in [-0.3, -0.25) is 0 Å². The first-order chi connectivity index (χ1) is 9.38. The van der Waals surface area contributed by atoms with E-state index in [4.69, 9.17) is 0 Å². The Morgan fingerprint density at radius 1 is 0.684 bits per heavy atom. The topological polar surface area (TPSA) is 0 Å². The van der Waals surface area contributed by atoms with Crippen LogP contribution in [0.25, 0.3) is 32.3 Å². The van der Waals surface area contributed by atoms with Crippen LogP contribution in [0.4, 0.5) is 0 Å². The van der Waals surface area contributed by atoms with Crippen molar-refractivity contribution in [2.75, 3.05) is 0 Å². The first kappa shape index (κ1) is 10.8. The van der Waals surface area contributed by atoms with Crippen LogP contribution in [0.5, 0.6) is 0 Å². The van der Waals surface area contributed by atoms with Gasteiger partial charge in [-0.05, 0) is 50.7 Å². The highest BCUT2D eigenvalue weighted by Crippen LogP contribution is 2.36. The summed E-state index contributed by atoms with van der Waals surface area (Å²) in [5.41, 5.74) is 1.42. The lowest BCUT2D eigenvalue weighted by Gasteiger charge is -2.13. The monoisotopic (exact) mass is 243 g/mol. The minimum absolute atomic E-state index is 0.948. The maximum Gasteiger partial charge on any atom is -0.00240 e. The molecule has 0 saturated heterocycles. The fraction of sp³-hybridized carbons (Fsp3) is 0.105. The van der Waals surface area contributed by atoms with Gasteiger partial charge in [-0.25, -0.2) is 0 Å². The molecule has 0 amide bonds. The molecular formula is C19H15. The summed E-state index contributed by atoms with van der Waals surface area (Å²) in [6, 6.07) is 20.0. The molecule has 0 aromatic heterocycles. The molecule has 0 spiro atoms. The van der Waals surface area contributed by atoms with E-state index >= 15 is 0 Å². The molecule has 1 radical (unpaired) electrons. The van der Waals surface area contributed by atoms with Gasteiger partial charge in [0.2, 0.25) is 0 Å². The molecule has 0 unspecified atom stereocenters. The molecule has 0 atom stereocenters. The number of rotatable bonds is 2. The van der Waals surface area contributed by atoms with E-state index in [1.54, 1.807) is 0 Å². The van der Waals surface area contributed by atoms with E-state index in [0.717, 1.165) is 12.8 Å². The van der Waals surface area contributed by atoms with Crippen LogP contribution in [-0.2, 0) is 6.42 Å². The molecule has 19 heavy (non-hydrogen) atoms. The average Bonchev–Trinajstić information content (AvgIpc) is 2.46. The summed E-state index contributed by atoms with van der Waals surface area (Å²) >= 11 is 0. The van der Waals surface area contributed by atoms with Gasteiger partial charge in [-0.15, -0.1) is 0 Å². The maximum absolute atomic E-state index is 3.99. The van der Waals surface area contributed by atoms with E-state index in [1.165, 1.54) is 37.9 Å². The van der Waals surface area contributed by atoms with E-state index in [1.807, 2.05) is 0 Å². The van der Waals surface area contributed by atoms with Crippen LogP contribution in [0.2, 0.25) is 0 Å². The van der Waals surface area contributed by atoms with Crippen LogP contribution in [0.15, 0.2) is 54.6 Å². The van der Waals surface area contributed by atoms with Gasteiger partial charge in [0.05, 0.1) is 0 Å². The van der Waals surface area contributed by atoms with Crippen LogP contribution in [0.1, 0.15) is 12.0 Å². The highest BCUT2D eigenvalue weighted by molar-refractivity contribution is 6.23. The van der Waals surface area contributed by atoms with Crippen molar-refractivity contribution in [3.63, 3.8) is 0 Å². The number of hydrogen-bond donors (Lipinski definition) is 0. The zero-order chi connectivity index (χ0) is 12.8. The molecule has 0 N–H and O–H groups in total. The predicted octanol–water partition coefficient (Wildman–Crippen LogP) is 5.35. The highest BCUT2D eigenvalue weighted by Gasteiger charge is 2.09. The van der Waals surface area contributed by atoms with Crippen molar-refractivity contribution in [1.29, 1.82) is 0 Å². The van der Waals surface area contributed by atoms with Gasteiger partial charge < -0.3 is 0 Å². The quantitative estimate of drug-likeness (QED) is 0.416. The maximum atomic E-state index is 3.99. The average molecular weight is 243 g/mol. The van der Waals surface area contributed by atoms with Crippen molar-refractivity contribution < 1.29 is 0 Å². The van der Waals surface area contributed by atoms with Gasteiger partial charge in [0.1, 0.15) is 0 Å². The summed E-state index contributed by atoms with van der Waals surface area (Å²) in [4.78, 5) is 0. The normalized spacial score (nSPS) is 11.8. The summed E-state index contributed by atoms with van der Waals surface area (Å²) < 4.78 is 0.